The maximum Gasteiger partial charge on any atom is 0.251 e. The highest BCUT2D eigenvalue weighted by Gasteiger charge is 2.18. The van der Waals surface area contributed by atoms with Gasteiger partial charge in [0.1, 0.15) is 11.7 Å². The standard InChI is InChI=1S/C28H35FN6O3/c1-2-9-23(29)11-8-19-35-26(13-3-4-15-28(37)38)31-18-16-22(10-7-14-27(35)36)25-21-34(33-32-25)20-24-12-5-6-17-30-24/h5-9,11-12,14,16-18,21-22,28,37-38H,2-4,10,13,15,19-20H2,1H3/b11-8-,14-7+,18-16+,23-9+,31-26?. The van der Waals surface area contributed by atoms with E-state index < -0.39 is 6.29 Å². The second-order valence-corrected chi connectivity index (χ2v) is 8.87. The molecule has 0 aliphatic carbocycles. The molecule has 2 aromatic heterocycles. The molecule has 0 fully saturated rings. The number of carbonyl (C=O) groups excluding carboxylic acids is 1. The molecule has 1 amide bonds. The van der Waals surface area contributed by atoms with Crippen LogP contribution in [0.4, 0.5) is 4.39 Å². The lowest BCUT2D eigenvalue weighted by atomic mass is 10.0. The first kappa shape index (κ1) is 28.8. The Labute approximate surface area is 222 Å². The van der Waals surface area contributed by atoms with E-state index in [2.05, 4.69) is 20.3 Å². The Morgan fingerprint density at radius 1 is 1.29 bits per heavy atom. The maximum absolute atomic E-state index is 13.8. The van der Waals surface area contributed by atoms with Gasteiger partial charge in [0.15, 0.2) is 6.29 Å². The first-order chi connectivity index (χ1) is 18.5. The van der Waals surface area contributed by atoms with Crippen molar-refractivity contribution in [2.75, 3.05) is 6.54 Å². The molecule has 3 heterocycles. The topological polar surface area (TPSA) is 117 Å². The number of aliphatic imine (C=N–C) groups is 1. The molecule has 0 saturated carbocycles. The molecule has 1 unspecified atom stereocenters. The minimum Gasteiger partial charge on any atom is -0.368 e. The molecule has 1 atom stereocenters. The van der Waals surface area contributed by atoms with Crippen molar-refractivity contribution in [1.29, 1.82) is 0 Å². The molecule has 1 aliphatic rings. The van der Waals surface area contributed by atoms with Crippen molar-refractivity contribution in [2.45, 2.75) is 64.2 Å². The Bertz CT molecular complexity index is 1170. The summed E-state index contributed by atoms with van der Waals surface area (Å²) in [6.07, 6.45) is 16.5. The second-order valence-electron chi connectivity index (χ2n) is 8.87. The van der Waals surface area contributed by atoms with Crippen molar-refractivity contribution in [2.24, 2.45) is 4.99 Å². The maximum atomic E-state index is 13.8. The van der Waals surface area contributed by atoms with Crippen LogP contribution in [0.25, 0.3) is 0 Å². The fourth-order valence-corrected chi connectivity index (χ4v) is 3.89. The van der Waals surface area contributed by atoms with E-state index in [-0.39, 0.29) is 30.6 Å². The Balaban J connectivity index is 1.79. The summed E-state index contributed by atoms with van der Waals surface area (Å²) in [5.74, 6) is -0.229. The van der Waals surface area contributed by atoms with Gasteiger partial charge in [-0.25, -0.2) is 14.1 Å². The Kier molecular flexibility index (Phi) is 11.7. The number of aliphatic hydroxyl groups is 2. The number of aliphatic hydroxyl groups excluding tert-OH is 1. The lowest BCUT2D eigenvalue weighted by Gasteiger charge is -2.22. The van der Waals surface area contributed by atoms with Crippen LogP contribution in [0.1, 0.15) is 62.8 Å². The van der Waals surface area contributed by atoms with E-state index in [0.29, 0.717) is 44.5 Å². The van der Waals surface area contributed by atoms with E-state index >= 15 is 0 Å². The molecule has 0 bridgehead atoms. The highest BCUT2D eigenvalue weighted by molar-refractivity contribution is 6.03. The normalized spacial score (nSPS) is 18.7. The number of unbranched alkanes of at least 4 members (excludes halogenated alkanes) is 1. The van der Waals surface area contributed by atoms with E-state index in [1.807, 2.05) is 37.4 Å². The molecule has 2 aromatic rings. The number of pyridine rings is 1. The minimum atomic E-state index is -1.37. The number of nitrogens with zero attached hydrogens (tertiary/aromatic N) is 6. The van der Waals surface area contributed by atoms with Gasteiger partial charge in [0.2, 0.25) is 0 Å². The largest absolute Gasteiger partial charge is 0.368 e. The molecule has 0 radical (unpaired) electrons. The summed E-state index contributed by atoms with van der Waals surface area (Å²) in [7, 11) is 0. The van der Waals surface area contributed by atoms with Gasteiger partial charge in [-0.1, -0.05) is 36.4 Å². The molecule has 0 spiro atoms. The van der Waals surface area contributed by atoms with Crippen LogP contribution in [0, 0.1) is 0 Å². The molecule has 10 heteroatoms. The Morgan fingerprint density at radius 3 is 2.92 bits per heavy atom. The SMILES string of the molecule is CC/C=C(F)\C=C/CN1C(=O)/C=C/CC(c2cn(Cc3ccccn3)nn2)/C=C/N=C1CCCCC(O)O. The zero-order valence-electron chi connectivity index (χ0n) is 21.6. The summed E-state index contributed by atoms with van der Waals surface area (Å²) in [6, 6.07) is 5.70. The van der Waals surface area contributed by atoms with E-state index in [1.165, 1.54) is 23.1 Å². The first-order valence-corrected chi connectivity index (χ1v) is 12.9. The van der Waals surface area contributed by atoms with Gasteiger partial charge >= 0.3 is 0 Å². The van der Waals surface area contributed by atoms with Crippen molar-refractivity contribution in [3.63, 3.8) is 0 Å². The summed E-state index contributed by atoms with van der Waals surface area (Å²) in [6.45, 7) is 2.51. The predicted molar refractivity (Wildman–Crippen MR) is 143 cm³/mol. The highest BCUT2D eigenvalue weighted by atomic mass is 19.1. The quantitative estimate of drug-likeness (QED) is 0.245. The molecule has 2 N–H and O–H groups in total. The zero-order valence-corrected chi connectivity index (χ0v) is 21.6. The number of hydrogen-bond donors (Lipinski definition) is 2. The lowest BCUT2D eigenvalue weighted by Crippen LogP contribution is -2.36. The molecule has 9 nitrogen and oxygen atoms in total. The van der Waals surface area contributed by atoms with Crippen molar-refractivity contribution in [1.82, 2.24) is 24.9 Å². The lowest BCUT2D eigenvalue weighted by molar-refractivity contribution is -0.122. The number of amidine groups is 1. The van der Waals surface area contributed by atoms with Crippen LogP contribution < -0.4 is 0 Å². The molecule has 38 heavy (non-hydrogen) atoms. The number of carbonyl (C=O) groups is 1. The first-order valence-electron chi connectivity index (χ1n) is 12.9. The van der Waals surface area contributed by atoms with Crippen molar-refractivity contribution < 1.29 is 19.4 Å². The van der Waals surface area contributed by atoms with Gasteiger partial charge in [0.25, 0.3) is 5.91 Å². The van der Waals surface area contributed by atoms with E-state index in [4.69, 9.17) is 10.2 Å². The summed E-state index contributed by atoms with van der Waals surface area (Å²) in [5.41, 5.74) is 1.62. The van der Waals surface area contributed by atoms with Gasteiger partial charge in [-0.3, -0.25) is 14.7 Å². The zero-order chi connectivity index (χ0) is 27.2. The monoisotopic (exact) mass is 522 g/mol. The number of aromatic nitrogens is 4. The van der Waals surface area contributed by atoms with Crippen LogP contribution in [-0.4, -0.2) is 59.7 Å². The fourth-order valence-electron chi connectivity index (χ4n) is 3.89. The van der Waals surface area contributed by atoms with E-state index in [1.54, 1.807) is 29.2 Å². The third-order valence-corrected chi connectivity index (χ3v) is 5.83. The van der Waals surface area contributed by atoms with Crippen LogP contribution >= 0.6 is 0 Å². The third kappa shape index (κ3) is 9.60. The molecule has 1 aliphatic heterocycles. The summed E-state index contributed by atoms with van der Waals surface area (Å²) in [5, 5.41) is 26.8. The van der Waals surface area contributed by atoms with Crippen molar-refractivity contribution >= 4 is 11.7 Å². The smallest absolute Gasteiger partial charge is 0.251 e. The number of hydrogen-bond acceptors (Lipinski definition) is 7. The fraction of sp³-hybridized carbons (Fsp3) is 0.393. The van der Waals surface area contributed by atoms with Crippen molar-refractivity contribution in [3.05, 3.63) is 90.5 Å². The Morgan fingerprint density at radius 2 is 2.16 bits per heavy atom. The van der Waals surface area contributed by atoms with Gasteiger partial charge in [0, 0.05) is 37.5 Å². The second kappa shape index (κ2) is 15.5. The van der Waals surface area contributed by atoms with Crippen LogP contribution in [0.15, 0.2) is 84.1 Å². The Hall–Kier alpha value is -3.76. The number of amides is 1. The summed E-state index contributed by atoms with van der Waals surface area (Å²) in [4.78, 5) is 23.5. The number of rotatable bonds is 12. The average Bonchev–Trinajstić information content (AvgIpc) is 3.36. The molecular weight excluding hydrogens is 487 g/mol. The predicted octanol–water partition coefficient (Wildman–Crippen LogP) is 4.20. The van der Waals surface area contributed by atoms with Crippen LogP contribution in [0.5, 0.6) is 0 Å². The van der Waals surface area contributed by atoms with Crippen molar-refractivity contribution in [3.8, 4) is 0 Å². The van der Waals surface area contributed by atoms with Gasteiger partial charge < -0.3 is 10.2 Å². The molecular formula is C28H35FN6O3. The molecule has 0 aromatic carbocycles. The third-order valence-electron chi connectivity index (χ3n) is 5.83. The summed E-state index contributed by atoms with van der Waals surface area (Å²) < 4.78 is 15.5. The highest BCUT2D eigenvalue weighted by Crippen LogP contribution is 2.21. The average molecular weight is 523 g/mol. The van der Waals surface area contributed by atoms with Crippen LogP contribution in [0.2, 0.25) is 0 Å². The van der Waals surface area contributed by atoms with Crippen LogP contribution in [-0.2, 0) is 11.3 Å². The molecule has 3 rings (SSSR count). The van der Waals surface area contributed by atoms with Crippen LogP contribution in [0.3, 0.4) is 0 Å². The van der Waals surface area contributed by atoms with Gasteiger partial charge in [-0.05, 0) is 62.5 Å². The molecule has 202 valence electrons. The van der Waals surface area contributed by atoms with Gasteiger partial charge in [-0.2, -0.15) is 0 Å². The molecule has 0 saturated heterocycles. The number of halogens is 1. The van der Waals surface area contributed by atoms with Gasteiger partial charge in [0.05, 0.1) is 17.9 Å². The number of allylic oxidation sites excluding steroid dienone is 5. The van der Waals surface area contributed by atoms with E-state index in [9.17, 15) is 9.18 Å². The minimum absolute atomic E-state index is 0.134. The van der Waals surface area contributed by atoms with Gasteiger partial charge in [-0.15, -0.1) is 5.10 Å². The summed E-state index contributed by atoms with van der Waals surface area (Å²) >= 11 is 0. The van der Waals surface area contributed by atoms with E-state index in [0.717, 1.165) is 11.4 Å².